The van der Waals surface area contributed by atoms with E-state index in [1.54, 1.807) is 13.3 Å². The molecule has 22 heavy (non-hydrogen) atoms. The maximum Gasteiger partial charge on any atom is 0.285 e. The van der Waals surface area contributed by atoms with Crippen molar-refractivity contribution in [1.29, 1.82) is 0 Å². The van der Waals surface area contributed by atoms with Gasteiger partial charge in [-0.2, -0.15) is 5.10 Å². The second-order valence-electron chi connectivity index (χ2n) is 5.40. The van der Waals surface area contributed by atoms with Crippen LogP contribution in [0.2, 0.25) is 5.02 Å². The van der Waals surface area contributed by atoms with E-state index in [-0.39, 0.29) is 16.6 Å². The van der Waals surface area contributed by atoms with Gasteiger partial charge in [-0.15, -0.1) is 0 Å². The van der Waals surface area contributed by atoms with Gasteiger partial charge >= 0.3 is 0 Å². The Balaban J connectivity index is 1.87. The third-order valence-electron chi connectivity index (χ3n) is 4.11. The standard InChI is InChI=1S/C16H18ClN3O2/c1-22-14-7-3-2-5-11(14)9-12-6-4-8-20(12)13-10-18-19-16(21)15(13)17/h2-3,5,7,10,12H,4,6,8-9H2,1H3,(H,19,21)/t12-/m0/s1. The molecule has 0 saturated carbocycles. The lowest BCUT2D eigenvalue weighted by Gasteiger charge is -2.27. The molecule has 116 valence electrons. The van der Waals surface area contributed by atoms with Crippen LogP contribution < -0.4 is 15.2 Å². The van der Waals surface area contributed by atoms with Gasteiger partial charge in [-0.1, -0.05) is 29.8 Å². The molecular formula is C16H18ClN3O2. The number of para-hydroxylation sites is 1. The van der Waals surface area contributed by atoms with Crippen molar-refractivity contribution in [2.24, 2.45) is 0 Å². The highest BCUT2D eigenvalue weighted by atomic mass is 35.5. The van der Waals surface area contributed by atoms with E-state index in [9.17, 15) is 4.79 Å². The largest absolute Gasteiger partial charge is 0.496 e. The normalized spacial score (nSPS) is 17.7. The summed E-state index contributed by atoms with van der Waals surface area (Å²) >= 11 is 6.15. The van der Waals surface area contributed by atoms with Crippen molar-refractivity contribution in [1.82, 2.24) is 10.2 Å². The Morgan fingerprint density at radius 1 is 1.45 bits per heavy atom. The third-order valence-corrected chi connectivity index (χ3v) is 4.48. The molecule has 1 aliphatic heterocycles. The Morgan fingerprint density at radius 2 is 2.27 bits per heavy atom. The summed E-state index contributed by atoms with van der Waals surface area (Å²) in [7, 11) is 1.68. The van der Waals surface area contributed by atoms with Crippen LogP contribution in [-0.2, 0) is 6.42 Å². The van der Waals surface area contributed by atoms with Crippen LogP contribution >= 0.6 is 11.6 Å². The van der Waals surface area contributed by atoms with Gasteiger partial charge in [0.05, 0.1) is 19.0 Å². The first-order valence-corrected chi connectivity index (χ1v) is 7.70. The molecule has 1 atom stereocenters. The number of anilines is 1. The molecule has 0 amide bonds. The Kier molecular flexibility index (Phi) is 4.34. The van der Waals surface area contributed by atoms with Crippen LogP contribution in [-0.4, -0.2) is 29.9 Å². The summed E-state index contributed by atoms with van der Waals surface area (Å²) in [6, 6.07) is 8.31. The molecule has 3 rings (SSSR count). The first-order chi connectivity index (χ1) is 10.7. The average molecular weight is 320 g/mol. The molecule has 1 fully saturated rings. The van der Waals surface area contributed by atoms with E-state index in [1.165, 1.54) is 0 Å². The minimum absolute atomic E-state index is 0.210. The molecular weight excluding hydrogens is 302 g/mol. The number of rotatable bonds is 4. The van der Waals surface area contributed by atoms with E-state index in [2.05, 4.69) is 21.2 Å². The maximum atomic E-state index is 11.7. The fraction of sp³-hybridized carbons (Fsp3) is 0.375. The Bertz CT molecular complexity index is 717. The number of ether oxygens (including phenoxy) is 1. The molecule has 1 saturated heterocycles. The minimum atomic E-state index is -0.345. The molecule has 1 aromatic heterocycles. The zero-order valence-electron chi connectivity index (χ0n) is 12.4. The van der Waals surface area contributed by atoms with Gasteiger partial charge in [0.15, 0.2) is 0 Å². The average Bonchev–Trinajstić information content (AvgIpc) is 2.98. The van der Waals surface area contributed by atoms with Crippen LogP contribution in [0.5, 0.6) is 5.75 Å². The Morgan fingerprint density at radius 3 is 3.09 bits per heavy atom. The van der Waals surface area contributed by atoms with Crippen molar-refractivity contribution in [3.8, 4) is 5.75 Å². The number of benzene rings is 1. The lowest BCUT2D eigenvalue weighted by molar-refractivity contribution is 0.408. The molecule has 6 heteroatoms. The van der Waals surface area contributed by atoms with Gasteiger partial charge in [0.1, 0.15) is 10.8 Å². The minimum Gasteiger partial charge on any atom is -0.496 e. The van der Waals surface area contributed by atoms with Crippen molar-refractivity contribution in [3.63, 3.8) is 0 Å². The molecule has 0 bridgehead atoms. The zero-order valence-corrected chi connectivity index (χ0v) is 13.1. The van der Waals surface area contributed by atoms with E-state index in [0.29, 0.717) is 5.69 Å². The van der Waals surface area contributed by atoms with Gasteiger partial charge in [0, 0.05) is 12.6 Å². The van der Waals surface area contributed by atoms with Crippen LogP contribution in [0.25, 0.3) is 0 Å². The summed E-state index contributed by atoms with van der Waals surface area (Å²) in [6.07, 6.45) is 4.61. The van der Waals surface area contributed by atoms with Crippen molar-refractivity contribution in [2.75, 3.05) is 18.6 Å². The quantitative estimate of drug-likeness (QED) is 0.941. The van der Waals surface area contributed by atoms with E-state index in [4.69, 9.17) is 16.3 Å². The molecule has 1 aliphatic rings. The number of nitrogens with zero attached hydrogens (tertiary/aromatic N) is 2. The number of nitrogens with one attached hydrogen (secondary N) is 1. The summed E-state index contributed by atoms with van der Waals surface area (Å²) in [6.45, 7) is 0.880. The Labute approximate surface area is 133 Å². The fourth-order valence-electron chi connectivity index (χ4n) is 3.06. The van der Waals surface area contributed by atoms with E-state index >= 15 is 0 Å². The predicted octanol–water partition coefficient (Wildman–Crippen LogP) is 2.64. The van der Waals surface area contributed by atoms with Gasteiger partial charge < -0.3 is 9.64 Å². The monoisotopic (exact) mass is 319 g/mol. The highest BCUT2D eigenvalue weighted by Crippen LogP contribution is 2.32. The number of H-pyrrole nitrogens is 1. The molecule has 0 aliphatic carbocycles. The topological polar surface area (TPSA) is 58.2 Å². The zero-order chi connectivity index (χ0) is 15.5. The first-order valence-electron chi connectivity index (χ1n) is 7.32. The number of aromatic nitrogens is 2. The van der Waals surface area contributed by atoms with Crippen LogP contribution in [0.4, 0.5) is 5.69 Å². The summed E-state index contributed by atoms with van der Waals surface area (Å²) in [5.41, 5.74) is 1.53. The van der Waals surface area contributed by atoms with E-state index in [1.807, 2.05) is 18.2 Å². The van der Waals surface area contributed by atoms with Crippen molar-refractivity contribution in [2.45, 2.75) is 25.3 Å². The van der Waals surface area contributed by atoms with Gasteiger partial charge in [0.2, 0.25) is 0 Å². The van der Waals surface area contributed by atoms with Gasteiger partial charge in [-0.05, 0) is 30.9 Å². The second-order valence-corrected chi connectivity index (χ2v) is 5.78. The molecule has 1 N–H and O–H groups in total. The molecule has 5 nitrogen and oxygen atoms in total. The number of hydrogen-bond acceptors (Lipinski definition) is 4. The van der Waals surface area contributed by atoms with Crippen LogP contribution in [0, 0.1) is 0 Å². The Hall–Kier alpha value is -2.01. The van der Waals surface area contributed by atoms with Crippen molar-refractivity contribution >= 4 is 17.3 Å². The number of halogens is 1. The summed E-state index contributed by atoms with van der Waals surface area (Å²) in [5, 5.41) is 6.45. The fourth-order valence-corrected chi connectivity index (χ4v) is 3.26. The SMILES string of the molecule is COc1ccccc1C[C@@H]1CCCN1c1cn[nH]c(=O)c1Cl. The maximum absolute atomic E-state index is 11.7. The summed E-state index contributed by atoms with van der Waals surface area (Å²) in [4.78, 5) is 13.8. The first kappa shape index (κ1) is 14.9. The van der Waals surface area contributed by atoms with Gasteiger partial charge in [0.25, 0.3) is 5.56 Å². The van der Waals surface area contributed by atoms with Gasteiger partial charge in [-0.25, -0.2) is 5.10 Å². The molecule has 2 heterocycles. The lowest BCUT2D eigenvalue weighted by Crippen LogP contribution is -2.32. The van der Waals surface area contributed by atoms with Gasteiger partial charge in [-0.3, -0.25) is 4.79 Å². The third kappa shape index (κ3) is 2.81. The van der Waals surface area contributed by atoms with E-state index in [0.717, 1.165) is 37.1 Å². The highest BCUT2D eigenvalue weighted by molar-refractivity contribution is 6.33. The molecule has 0 unspecified atom stereocenters. The molecule has 0 spiro atoms. The molecule has 2 aromatic rings. The summed E-state index contributed by atoms with van der Waals surface area (Å²) in [5.74, 6) is 0.893. The van der Waals surface area contributed by atoms with E-state index < -0.39 is 0 Å². The van der Waals surface area contributed by atoms with Crippen molar-refractivity contribution < 1.29 is 4.74 Å². The van der Waals surface area contributed by atoms with Crippen molar-refractivity contribution in [3.05, 3.63) is 51.4 Å². The number of hydrogen-bond donors (Lipinski definition) is 1. The molecule has 0 radical (unpaired) electrons. The second kappa shape index (κ2) is 6.40. The number of methoxy groups -OCH3 is 1. The van der Waals surface area contributed by atoms with Crippen LogP contribution in [0.3, 0.4) is 0 Å². The molecule has 1 aromatic carbocycles. The lowest BCUT2D eigenvalue weighted by atomic mass is 10.0. The van der Waals surface area contributed by atoms with Crippen LogP contribution in [0.15, 0.2) is 35.3 Å². The summed E-state index contributed by atoms with van der Waals surface area (Å²) < 4.78 is 5.43. The van der Waals surface area contributed by atoms with Crippen LogP contribution in [0.1, 0.15) is 18.4 Å². The highest BCUT2D eigenvalue weighted by Gasteiger charge is 2.28. The smallest absolute Gasteiger partial charge is 0.285 e. The number of aromatic amines is 1. The predicted molar refractivity (Wildman–Crippen MR) is 86.9 cm³/mol.